The molecule has 0 aliphatic rings. The highest BCUT2D eigenvalue weighted by Gasteiger charge is 2.35. The number of nitriles is 1. The van der Waals surface area contributed by atoms with Crippen LogP contribution in [0, 0.1) is 11.3 Å². The second-order valence-electron chi connectivity index (χ2n) is 7.25. The van der Waals surface area contributed by atoms with Crippen molar-refractivity contribution in [1.82, 2.24) is 9.97 Å². The molecule has 0 saturated heterocycles. The minimum Gasteiger partial charge on any atom is -0.478 e. The Hall–Kier alpha value is -3.90. The molecule has 0 fully saturated rings. The van der Waals surface area contributed by atoms with E-state index in [0.29, 0.717) is 11.5 Å². The van der Waals surface area contributed by atoms with Crippen LogP contribution < -0.4 is 15.9 Å². The van der Waals surface area contributed by atoms with Crippen molar-refractivity contribution in [2.75, 3.05) is 24.0 Å². The van der Waals surface area contributed by atoms with Crippen LogP contribution in [0.4, 0.5) is 36.3 Å². The van der Waals surface area contributed by atoms with Gasteiger partial charge >= 0.3 is 12.1 Å². The molecule has 0 aliphatic heterocycles. The van der Waals surface area contributed by atoms with E-state index in [1.807, 2.05) is 0 Å². The molecule has 170 valence electrons. The maximum atomic E-state index is 13.6. The first kappa shape index (κ1) is 23.8. The number of para-hydroxylation sites is 1. The number of aromatic carboxylic acids is 1. The summed E-state index contributed by atoms with van der Waals surface area (Å²) in [6, 6.07) is 11.8. The van der Waals surface area contributed by atoms with E-state index in [2.05, 4.69) is 20.6 Å². The summed E-state index contributed by atoms with van der Waals surface area (Å²) in [4.78, 5) is 18.8. The number of benzene rings is 2. The molecule has 0 radical (unpaired) electrons. The third-order valence-corrected chi connectivity index (χ3v) is 6.01. The predicted molar refractivity (Wildman–Crippen MR) is 117 cm³/mol. The van der Waals surface area contributed by atoms with Crippen molar-refractivity contribution in [2.24, 2.45) is 0 Å². The van der Waals surface area contributed by atoms with E-state index in [9.17, 15) is 22.5 Å². The third-order valence-electron chi connectivity index (χ3n) is 4.46. The quantitative estimate of drug-likeness (QED) is 0.434. The van der Waals surface area contributed by atoms with Crippen LogP contribution in [0.3, 0.4) is 0 Å². The lowest BCUT2D eigenvalue weighted by atomic mass is 10.1. The Kier molecular flexibility index (Phi) is 6.42. The van der Waals surface area contributed by atoms with E-state index in [0.717, 1.165) is 0 Å². The summed E-state index contributed by atoms with van der Waals surface area (Å²) in [5.74, 6) is -2.09. The molecule has 8 nitrogen and oxygen atoms in total. The lowest BCUT2D eigenvalue weighted by molar-refractivity contribution is -0.137. The first-order valence-corrected chi connectivity index (χ1v) is 11.9. The van der Waals surface area contributed by atoms with E-state index in [4.69, 9.17) is 10.4 Å². The van der Waals surface area contributed by atoms with Gasteiger partial charge in [-0.1, -0.05) is 12.1 Å². The van der Waals surface area contributed by atoms with E-state index >= 15 is 0 Å². The zero-order valence-corrected chi connectivity index (χ0v) is 18.2. The standard InChI is InChI=1S/C21H17F3N5O3P/c1-33(2,32)17-6-4-3-5-16(17)28-18-15(21(22,23)24)11-26-20(29-18)27-13-7-8-14(19(30)31)12(9-13)10-25/h3-9,11H,1-2H3,(H,30,31)(H2,26,27,28,29). The van der Waals surface area contributed by atoms with Gasteiger partial charge in [0.2, 0.25) is 5.95 Å². The molecule has 1 heterocycles. The second-order valence-corrected chi connectivity index (χ2v) is 10.4. The molecule has 0 spiro atoms. The van der Waals surface area contributed by atoms with Gasteiger partial charge in [-0.25, -0.2) is 9.78 Å². The van der Waals surface area contributed by atoms with Crippen LogP contribution in [0.25, 0.3) is 0 Å². The van der Waals surface area contributed by atoms with E-state index in [-0.39, 0.29) is 28.5 Å². The van der Waals surface area contributed by atoms with Gasteiger partial charge in [0.25, 0.3) is 0 Å². The largest absolute Gasteiger partial charge is 0.478 e. The number of nitrogens with zero attached hydrogens (tertiary/aromatic N) is 3. The van der Waals surface area contributed by atoms with Crippen LogP contribution in [-0.4, -0.2) is 34.4 Å². The van der Waals surface area contributed by atoms with Crippen LogP contribution in [0.15, 0.2) is 48.7 Å². The van der Waals surface area contributed by atoms with Crippen LogP contribution in [-0.2, 0) is 10.7 Å². The maximum Gasteiger partial charge on any atom is 0.421 e. The fourth-order valence-corrected chi connectivity index (χ4v) is 4.11. The minimum absolute atomic E-state index is 0.145. The Morgan fingerprint density at radius 1 is 1.15 bits per heavy atom. The van der Waals surface area contributed by atoms with Gasteiger partial charge < -0.3 is 20.3 Å². The van der Waals surface area contributed by atoms with Crippen LogP contribution >= 0.6 is 7.14 Å². The number of nitrogens with one attached hydrogen (secondary N) is 2. The number of alkyl halides is 3. The zero-order chi connectivity index (χ0) is 24.4. The lowest BCUT2D eigenvalue weighted by Crippen LogP contribution is -2.16. The molecule has 1 aromatic heterocycles. The van der Waals surface area contributed by atoms with Crippen LogP contribution in [0.5, 0.6) is 0 Å². The van der Waals surface area contributed by atoms with Crippen LogP contribution in [0.1, 0.15) is 21.5 Å². The topological polar surface area (TPSA) is 128 Å². The number of aromatic nitrogens is 2. The molecule has 3 rings (SSSR count). The number of anilines is 4. The lowest BCUT2D eigenvalue weighted by Gasteiger charge is -2.18. The Balaban J connectivity index is 2.03. The minimum atomic E-state index is -4.77. The summed E-state index contributed by atoms with van der Waals surface area (Å²) >= 11 is 0. The Labute approximate surface area is 186 Å². The zero-order valence-electron chi connectivity index (χ0n) is 17.3. The summed E-state index contributed by atoms with van der Waals surface area (Å²) in [6.07, 6.45) is -4.18. The second kappa shape index (κ2) is 8.92. The highest BCUT2D eigenvalue weighted by molar-refractivity contribution is 7.70. The van der Waals surface area contributed by atoms with Crippen molar-refractivity contribution in [2.45, 2.75) is 6.18 Å². The van der Waals surface area contributed by atoms with Gasteiger partial charge in [-0.3, -0.25) is 0 Å². The molecule has 0 aliphatic carbocycles. The predicted octanol–water partition coefficient (Wildman–Crippen LogP) is 4.80. The summed E-state index contributed by atoms with van der Waals surface area (Å²) in [5.41, 5.74) is -1.09. The number of carboxylic acids is 1. The molecule has 0 amide bonds. The highest BCUT2D eigenvalue weighted by Crippen LogP contribution is 2.40. The average Bonchev–Trinajstić information content (AvgIpc) is 2.72. The number of carboxylic acid groups (broad SMARTS) is 1. The van der Waals surface area contributed by atoms with Gasteiger partial charge in [-0.2, -0.15) is 23.4 Å². The van der Waals surface area contributed by atoms with Gasteiger partial charge in [0.15, 0.2) is 0 Å². The number of carbonyl (C=O) groups is 1. The normalized spacial score (nSPS) is 11.5. The van der Waals surface area contributed by atoms with Crippen molar-refractivity contribution >= 4 is 41.6 Å². The van der Waals surface area contributed by atoms with E-state index < -0.39 is 30.7 Å². The van der Waals surface area contributed by atoms with Crippen LogP contribution in [0.2, 0.25) is 0 Å². The fraction of sp³-hybridized carbons (Fsp3) is 0.143. The molecule has 0 unspecified atom stereocenters. The van der Waals surface area contributed by atoms with Crippen molar-refractivity contribution in [3.8, 4) is 6.07 Å². The smallest absolute Gasteiger partial charge is 0.421 e. The average molecular weight is 475 g/mol. The van der Waals surface area contributed by atoms with E-state index in [1.54, 1.807) is 24.3 Å². The van der Waals surface area contributed by atoms with Gasteiger partial charge in [-0.05, 0) is 43.7 Å². The number of rotatable bonds is 6. The van der Waals surface area contributed by atoms with Crippen molar-refractivity contribution in [3.05, 3.63) is 65.4 Å². The Morgan fingerprint density at radius 3 is 2.45 bits per heavy atom. The molecule has 0 bridgehead atoms. The monoisotopic (exact) mass is 475 g/mol. The SMILES string of the molecule is CP(C)(=O)c1ccccc1Nc1nc(Nc2ccc(C(=O)O)c(C#N)c2)ncc1C(F)(F)F. The summed E-state index contributed by atoms with van der Waals surface area (Å²) in [6.45, 7) is 3.00. The van der Waals surface area contributed by atoms with E-state index in [1.165, 1.54) is 37.6 Å². The van der Waals surface area contributed by atoms with Crippen molar-refractivity contribution < 1.29 is 27.6 Å². The highest BCUT2D eigenvalue weighted by atomic mass is 31.2. The summed E-state index contributed by atoms with van der Waals surface area (Å²) in [5, 5.41) is 23.9. The van der Waals surface area contributed by atoms with Gasteiger partial charge in [0, 0.05) is 17.2 Å². The number of halogens is 3. The van der Waals surface area contributed by atoms with Gasteiger partial charge in [0.1, 0.15) is 24.6 Å². The van der Waals surface area contributed by atoms with Crippen molar-refractivity contribution in [3.63, 3.8) is 0 Å². The first-order chi connectivity index (χ1) is 15.4. The molecular formula is C21H17F3N5O3P. The molecular weight excluding hydrogens is 458 g/mol. The molecule has 0 saturated carbocycles. The molecule has 3 N–H and O–H groups in total. The molecule has 33 heavy (non-hydrogen) atoms. The molecule has 0 atom stereocenters. The Bertz CT molecular complexity index is 1320. The first-order valence-electron chi connectivity index (χ1n) is 9.30. The number of hydrogen-bond donors (Lipinski definition) is 3. The fourth-order valence-electron chi connectivity index (χ4n) is 2.95. The number of hydrogen-bond acceptors (Lipinski definition) is 7. The van der Waals surface area contributed by atoms with Crippen molar-refractivity contribution in [1.29, 1.82) is 5.26 Å². The molecule has 2 aromatic carbocycles. The third kappa shape index (κ3) is 5.48. The maximum absolute atomic E-state index is 13.6. The Morgan fingerprint density at radius 2 is 1.85 bits per heavy atom. The van der Waals surface area contributed by atoms with Gasteiger partial charge in [-0.15, -0.1) is 0 Å². The summed E-state index contributed by atoms with van der Waals surface area (Å²) < 4.78 is 53.3. The molecule has 3 aromatic rings. The van der Waals surface area contributed by atoms with Gasteiger partial charge in [0.05, 0.1) is 16.8 Å². The molecule has 12 heteroatoms. The summed E-state index contributed by atoms with van der Waals surface area (Å²) in [7, 11) is -2.82.